The highest BCUT2D eigenvalue weighted by atomic mass is 32.1. The Hall–Kier alpha value is -4.05. The van der Waals surface area contributed by atoms with Crippen LogP contribution in [-0.4, -0.2) is 33.4 Å². The van der Waals surface area contributed by atoms with Gasteiger partial charge in [0.1, 0.15) is 11.6 Å². The van der Waals surface area contributed by atoms with Crippen molar-refractivity contribution < 1.29 is 13.5 Å². The minimum absolute atomic E-state index is 0.0188. The van der Waals surface area contributed by atoms with Gasteiger partial charge in [0.15, 0.2) is 17.3 Å². The van der Waals surface area contributed by atoms with Gasteiger partial charge in [-0.3, -0.25) is 0 Å². The highest BCUT2D eigenvalue weighted by molar-refractivity contribution is 7.09. The lowest BCUT2D eigenvalue weighted by atomic mass is 10.1. The molecular weight excluding hydrogens is 458 g/mol. The number of nitrogens with one attached hydrogen (secondary N) is 1. The Morgan fingerprint density at radius 2 is 1.88 bits per heavy atom. The number of halogens is 2. The number of nitrogens with two attached hydrogens (primary N) is 1. The SMILES string of the molecule is COc1ccc(-n2nc3nc(NCCc4cccs4)nc(-c4cccc(F)c4F)c3c2N)cc1. The number of fused-ring (bicyclic) bond motifs is 1. The third-order valence-electron chi connectivity index (χ3n) is 5.33. The molecule has 5 aromatic rings. The van der Waals surface area contributed by atoms with Gasteiger partial charge in [-0.05, 0) is 54.3 Å². The largest absolute Gasteiger partial charge is 0.497 e. The summed E-state index contributed by atoms with van der Waals surface area (Å²) in [5.74, 6) is -0.842. The Labute approximate surface area is 197 Å². The summed E-state index contributed by atoms with van der Waals surface area (Å²) in [6, 6.07) is 15.1. The molecule has 0 aliphatic heterocycles. The van der Waals surface area contributed by atoms with Crippen LogP contribution < -0.4 is 15.8 Å². The summed E-state index contributed by atoms with van der Waals surface area (Å²) >= 11 is 1.66. The van der Waals surface area contributed by atoms with Gasteiger partial charge in [-0.2, -0.15) is 4.98 Å². The molecule has 0 saturated carbocycles. The first kappa shape index (κ1) is 21.8. The number of methoxy groups -OCH3 is 1. The second kappa shape index (κ2) is 9.06. The van der Waals surface area contributed by atoms with Crippen LogP contribution in [-0.2, 0) is 6.42 Å². The van der Waals surface area contributed by atoms with E-state index in [1.807, 2.05) is 17.5 Å². The van der Waals surface area contributed by atoms with Gasteiger partial charge in [-0.1, -0.05) is 12.1 Å². The minimum Gasteiger partial charge on any atom is -0.497 e. The predicted molar refractivity (Wildman–Crippen MR) is 129 cm³/mol. The molecule has 0 fully saturated rings. The van der Waals surface area contributed by atoms with Gasteiger partial charge >= 0.3 is 0 Å². The van der Waals surface area contributed by atoms with Crippen LogP contribution in [0, 0.1) is 11.6 Å². The highest BCUT2D eigenvalue weighted by Crippen LogP contribution is 2.34. The predicted octanol–water partition coefficient (Wildman–Crippen LogP) is 5.07. The Morgan fingerprint density at radius 3 is 2.62 bits per heavy atom. The van der Waals surface area contributed by atoms with Crippen molar-refractivity contribution >= 4 is 34.1 Å². The maximum absolute atomic E-state index is 14.8. The minimum atomic E-state index is -1.01. The molecule has 0 amide bonds. The first-order chi connectivity index (χ1) is 16.5. The zero-order chi connectivity index (χ0) is 23.7. The molecule has 2 aromatic carbocycles. The lowest BCUT2D eigenvalue weighted by Gasteiger charge is -2.09. The topological polar surface area (TPSA) is 90.9 Å². The van der Waals surface area contributed by atoms with Gasteiger partial charge in [0, 0.05) is 17.0 Å². The van der Waals surface area contributed by atoms with Gasteiger partial charge < -0.3 is 15.8 Å². The number of ether oxygens (including phenoxy) is 1. The lowest BCUT2D eigenvalue weighted by molar-refractivity contribution is 0.414. The van der Waals surface area contributed by atoms with Gasteiger partial charge in [0.2, 0.25) is 5.95 Å². The second-order valence-corrected chi connectivity index (χ2v) is 8.48. The van der Waals surface area contributed by atoms with Gasteiger partial charge in [-0.15, -0.1) is 16.4 Å². The number of hydrogen-bond acceptors (Lipinski definition) is 7. The average Bonchev–Trinajstić information content (AvgIpc) is 3.48. The van der Waals surface area contributed by atoms with Crippen molar-refractivity contribution in [2.75, 3.05) is 24.7 Å². The first-order valence-corrected chi connectivity index (χ1v) is 11.3. The fourth-order valence-electron chi connectivity index (χ4n) is 3.64. The van der Waals surface area contributed by atoms with Crippen LogP contribution in [0.5, 0.6) is 5.75 Å². The number of hydrogen-bond donors (Lipinski definition) is 2. The first-order valence-electron chi connectivity index (χ1n) is 10.5. The number of aromatic nitrogens is 4. The van der Waals surface area contributed by atoms with Crippen molar-refractivity contribution in [2.45, 2.75) is 6.42 Å². The quantitative estimate of drug-likeness (QED) is 0.340. The van der Waals surface area contributed by atoms with Crippen LogP contribution in [0.3, 0.4) is 0 Å². The maximum atomic E-state index is 14.8. The molecule has 0 aliphatic rings. The molecule has 0 bridgehead atoms. The molecule has 0 spiro atoms. The van der Waals surface area contributed by atoms with Crippen LogP contribution in [0.1, 0.15) is 4.88 Å². The third kappa shape index (κ3) is 4.03. The number of benzene rings is 2. The maximum Gasteiger partial charge on any atom is 0.225 e. The molecule has 0 aliphatic carbocycles. The van der Waals surface area contributed by atoms with Gasteiger partial charge in [-0.25, -0.2) is 18.4 Å². The van der Waals surface area contributed by atoms with Crippen molar-refractivity contribution in [3.8, 4) is 22.7 Å². The summed E-state index contributed by atoms with van der Waals surface area (Å²) in [5.41, 5.74) is 7.51. The summed E-state index contributed by atoms with van der Waals surface area (Å²) in [6.45, 7) is 0.561. The molecule has 3 N–H and O–H groups in total. The van der Waals surface area contributed by atoms with E-state index in [9.17, 15) is 8.78 Å². The zero-order valence-electron chi connectivity index (χ0n) is 18.1. The van der Waals surface area contributed by atoms with Crippen molar-refractivity contribution in [1.29, 1.82) is 0 Å². The van der Waals surface area contributed by atoms with E-state index in [4.69, 9.17) is 10.5 Å². The lowest BCUT2D eigenvalue weighted by Crippen LogP contribution is -2.08. The van der Waals surface area contributed by atoms with Crippen molar-refractivity contribution in [2.24, 2.45) is 0 Å². The number of anilines is 2. The van der Waals surface area contributed by atoms with E-state index in [-0.39, 0.29) is 28.7 Å². The Morgan fingerprint density at radius 1 is 1.06 bits per heavy atom. The summed E-state index contributed by atoms with van der Waals surface area (Å²) in [4.78, 5) is 10.2. The number of nitrogen functional groups attached to an aromatic ring is 1. The van der Waals surface area contributed by atoms with E-state index in [1.54, 1.807) is 42.7 Å². The number of thiophene rings is 1. The smallest absolute Gasteiger partial charge is 0.225 e. The highest BCUT2D eigenvalue weighted by Gasteiger charge is 2.22. The van der Waals surface area contributed by atoms with E-state index in [0.29, 0.717) is 23.4 Å². The average molecular weight is 479 g/mol. The van der Waals surface area contributed by atoms with E-state index in [2.05, 4.69) is 20.4 Å². The van der Waals surface area contributed by atoms with E-state index < -0.39 is 11.6 Å². The molecule has 34 heavy (non-hydrogen) atoms. The monoisotopic (exact) mass is 478 g/mol. The Bertz CT molecular complexity index is 1450. The fourth-order valence-corrected chi connectivity index (χ4v) is 4.35. The standard InChI is InChI=1S/C24H20F2N6OS/c1-33-15-9-7-14(8-10-15)32-22(27)19-21(17-5-2-6-18(25)20(17)26)29-24(30-23(19)31-32)28-12-11-16-4-3-13-34-16/h2-10,13H,11-12,27H2,1H3,(H,28,30,31). The molecule has 3 aromatic heterocycles. The van der Waals surface area contributed by atoms with Crippen LogP contribution in [0.15, 0.2) is 60.0 Å². The molecule has 7 nitrogen and oxygen atoms in total. The molecule has 3 heterocycles. The zero-order valence-corrected chi connectivity index (χ0v) is 18.9. The molecule has 5 rings (SSSR count). The molecule has 0 atom stereocenters. The van der Waals surface area contributed by atoms with Gasteiger partial charge in [0.05, 0.1) is 23.9 Å². The Balaban J connectivity index is 1.62. The second-order valence-electron chi connectivity index (χ2n) is 7.45. The molecule has 0 saturated heterocycles. The van der Waals surface area contributed by atoms with Crippen LogP contribution >= 0.6 is 11.3 Å². The Kier molecular flexibility index (Phi) is 5.81. The summed E-state index contributed by atoms with van der Waals surface area (Å²) in [7, 11) is 1.58. The normalized spacial score (nSPS) is 11.1. The molecule has 0 radical (unpaired) electrons. The van der Waals surface area contributed by atoms with Crippen molar-refractivity contribution in [3.05, 3.63) is 76.5 Å². The van der Waals surface area contributed by atoms with Crippen LogP contribution in [0.25, 0.3) is 28.0 Å². The molecular formula is C24H20F2N6OS. The molecule has 172 valence electrons. The molecule has 10 heteroatoms. The van der Waals surface area contributed by atoms with E-state index in [1.165, 1.54) is 21.7 Å². The van der Waals surface area contributed by atoms with Crippen molar-refractivity contribution in [1.82, 2.24) is 19.7 Å². The number of rotatable bonds is 7. The molecule has 0 unspecified atom stereocenters. The number of nitrogens with zero attached hydrogens (tertiary/aromatic N) is 4. The van der Waals surface area contributed by atoms with Crippen LogP contribution in [0.4, 0.5) is 20.5 Å². The van der Waals surface area contributed by atoms with Crippen LogP contribution in [0.2, 0.25) is 0 Å². The summed E-state index contributed by atoms with van der Waals surface area (Å²) in [6.07, 6.45) is 0.769. The van der Waals surface area contributed by atoms with Crippen molar-refractivity contribution in [3.63, 3.8) is 0 Å². The third-order valence-corrected chi connectivity index (χ3v) is 6.26. The van der Waals surface area contributed by atoms with E-state index >= 15 is 0 Å². The fraction of sp³-hybridized carbons (Fsp3) is 0.125. The summed E-state index contributed by atoms with van der Waals surface area (Å²) in [5, 5.41) is 10.1. The van der Waals surface area contributed by atoms with E-state index in [0.717, 1.165) is 12.5 Å². The summed E-state index contributed by atoms with van der Waals surface area (Å²) < 4.78 is 35.6. The van der Waals surface area contributed by atoms with Gasteiger partial charge in [0.25, 0.3) is 0 Å².